The van der Waals surface area contributed by atoms with Crippen LogP contribution in [0.4, 0.5) is 11.4 Å². The summed E-state index contributed by atoms with van der Waals surface area (Å²) in [5.41, 5.74) is 0.535. The van der Waals surface area contributed by atoms with Crippen LogP contribution in [-0.4, -0.2) is 25.5 Å². The maximum atomic E-state index is 12.9. The molecule has 1 aliphatic carbocycles. The average Bonchev–Trinajstić information content (AvgIpc) is 3.05. The number of amides is 1. The van der Waals surface area contributed by atoms with Crippen LogP contribution in [0, 0.1) is 10.1 Å². The Balaban J connectivity index is 1.58. The Labute approximate surface area is 162 Å². The minimum Gasteiger partial charge on any atom is -0.506 e. The van der Waals surface area contributed by atoms with E-state index >= 15 is 0 Å². The first-order valence-corrected chi connectivity index (χ1v) is 9.52. The van der Waals surface area contributed by atoms with Gasteiger partial charge in [0.25, 0.3) is 11.2 Å². The van der Waals surface area contributed by atoms with E-state index in [-0.39, 0.29) is 23.5 Å². The largest absolute Gasteiger partial charge is 0.506 e. The minimum atomic E-state index is -0.646. The van der Waals surface area contributed by atoms with Crippen molar-refractivity contribution in [2.45, 2.75) is 32.2 Å². The number of aromatic nitrogens is 2. The van der Waals surface area contributed by atoms with Gasteiger partial charge in [0.05, 0.1) is 28.4 Å². The molecule has 0 aliphatic heterocycles. The summed E-state index contributed by atoms with van der Waals surface area (Å²) in [6, 6.07) is 3.37. The molecule has 2 heterocycles. The lowest BCUT2D eigenvalue weighted by Gasteiger charge is -2.11. The topological polar surface area (TPSA) is 127 Å². The molecule has 0 saturated carbocycles. The van der Waals surface area contributed by atoms with Crippen LogP contribution >= 0.6 is 11.3 Å². The highest BCUT2D eigenvalue weighted by molar-refractivity contribution is 7.18. The van der Waals surface area contributed by atoms with Gasteiger partial charge in [-0.25, -0.2) is 4.98 Å². The molecule has 3 aromatic rings. The van der Waals surface area contributed by atoms with Crippen molar-refractivity contribution in [1.29, 1.82) is 0 Å². The summed E-state index contributed by atoms with van der Waals surface area (Å²) >= 11 is 1.54. The molecule has 0 saturated heterocycles. The van der Waals surface area contributed by atoms with Crippen molar-refractivity contribution in [3.8, 4) is 5.75 Å². The van der Waals surface area contributed by atoms with Gasteiger partial charge in [0.15, 0.2) is 0 Å². The van der Waals surface area contributed by atoms with Crippen LogP contribution < -0.4 is 10.9 Å². The summed E-state index contributed by atoms with van der Waals surface area (Å²) in [5, 5.41) is 23.6. The molecular weight excluding hydrogens is 384 g/mol. The fourth-order valence-electron chi connectivity index (χ4n) is 3.38. The van der Waals surface area contributed by atoms with E-state index in [2.05, 4.69) is 10.3 Å². The third-order valence-electron chi connectivity index (χ3n) is 4.72. The van der Waals surface area contributed by atoms with Gasteiger partial charge in [-0.3, -0.25) is 24.3 Å². The van der Waals surface area contributed by atoms with Crippen molar-refractivity contribution in [3.05, 3.63) is 55.4 Å². The van der Waals surface area contributed by atoms with Crippen LogP contribution in [-0.2, 0) is 24.2 Å². The number of non-ortho nitro benzene ring substituents is 1. The van der Waals surface area contributed by atoms with E-state index in [0.717, 1.165) is 37.3 Å². The number of carbonyl (C=O) groups excluding carboxylic acids is 1. The zero-order valence-corrected chi connectivity index (χ0v) is 15.5. The number of carbonyl (C=O) groups is 1. The molecule has 1 amide bonds. The Hall–Kier alpha value is -3.27. The molecule has 0 fully saturated rings. The Morgan fingerprint density at radius 1 is 1.36 bits per heavy atom. The molecule has 1 aromatic carbocycles. The van der Waals surface area contributed by atoms with Crippen LogP contribution in [0.25, 0.3) is 10.2 Å². The number of nitrogens with zero attached hydrogens (tertiary/aromatic N) is 3. The number of phenols is 1. The number of aryl methyl sites for hydroxylation is 2. The van der Waals surface area contributed by atoms with Gasteiger partial charge in [-0.2, -0.15) is 0 Å². The van der Waals surface area contributed by atoms with Gasteiger partial charge in [-0.1, -0.05) is 0 Å². The summed E-state index contributed by atoms with van der Waals surface area (Å²) in [7, 11) is 0. The highest BCUT2D eigenvalue weighted by Crippen LogP contribution is 2.33. The zero-order valence-electron chi connectivity index (χ0n) is 14.7. The van der Waals surface area contributed by atoms with Gasteiger partial charge in [-0.05, 0) is 37.3 Å². The molecule has 9 nitrogen and oxygen atoms in total. The van der Waals surface area contributed by atoms with E-state index in [9.17, 15) is 24.8 Å². The smallest absolute Gasteiger partial charge is 0.273 e. The number of anilines is 1. The molecule has 28 heavy (non-hydrogen) atoms. The molecule has 0 atom stereocenters. The third kappa shape index (κ3) is 3.22. The summed E-state index contributed by atoms with van der Waals surface area (Å²) in [5.74, 6) is -0.966. The minimum absolute atomic E-state index is 0.0330. The number of aromatic hydroxyl groups is 1. The van der Waals surface area contributed by atoms with E-state index in [1.54, 1.807) is 0 Å². The molecular formula is C18H16N4O5S. The molecule has 144 valence electrons. The molecule has 1 aliphatic rings. The summed E-state index contributed by atoms with van der Waals surface area (Å²) in [6.45, 7) is -0.275. The van der Waals surface area contributed by atoms with Crippen molar-refractivity contribution in [2.75, 3.05) is 5.32 Å². The summed E-state index contributed by atoms with van der Waals surface area (Å²) < 4.78 is 1.24. The lowest BCUT2D eigenvalue weighted by atomic mass is 9.97. The first-order chi connectivity index (χ1) is 13.4. The second kappa shape index (κ2) is 7.04. The number of fused-ring (bicyclic) bond motifs is 3. The molecule has 0 unspecified atom stereocenters. The molecule has 0 spiro atoms. The van der Waals surface area contributed by atoms with Crippen molar-refractivity contribution in [1.82, 2.24) is 9.55 Å². The number of hydrogen-bond acceptors (Lipinski definition) is 7. The van der Waals surface area contributed by atoms with Gasteiger partial charge in [0.2, 0.25) is 5.91 Å². The van der Waals surface area contributed by atoms with Gasteiger partial charge in [0.1, 0.15) is 17.1 Å². The number of hydrogen-bond donors (Lipinski definition) is 2. The highest BCUT2D eigenvalue weighted by Gasteiger charge is 2.20. The molecule has 2 N–H and O–H groups in total. The van der Waals surface area contributed by atoms with Gasteiger partial charge in [-0.15, -0.1) is 11.3 Å². The third-order valence-corrected chi connectivity index (χ3v) is 5.92. The van der Waals surface area contributed by atoms with Gasteiger partial charge < -0.3 is 10.4 Å². The quantitative estimate of drug-likeness (QED) is 0.394. The number of nitro benzene ring substituents is 1. The van der Waals surface area contributed by atoms with Crippen LogP contribution in [0.5, 0.6) is 5.75 Å². The maximum absolute atomic E-state index is 12.9. The van der Waals surface area contributed by atoms with Crippen LogP contribution in [0.15, 0.2) is 29.3 Å². The predicted octanol–water partition coefficient (Wildman–Crippen LogP) is 2.59. The SMILES string of the molecule is O=C(Cn1cnc2sc3c(c2c1=O)CCCC3)Nc1ccc([N+](=O)[O-])cc1O. The zero-order chi connectivity index (χ0) is 19.8. The van der Waals surface area contributed by atoms with Crippen molar-refractivity contribution in [2.24, 2.45) is 0 Å². The Kier molecular flexibility index (Phi) is 4.55. The lowest BCUT2D eigenvalue weighted by molar-refractivity contribution is -0.384. The summed E-state index contributed by atoms with van der Waals surface area (Å²) in [6.07, 6.45) is 5.29. The second-order valence-electron chi connectivity index (χ2n) is 6.58. The Morgan fingerprint density at radius 3 is 2.89 bits per heavy atom. The van der Waals surface area contributed by atoms with E-state index in [1.807, 2.05) is 0 Å². The maximum Gasteiger partial charge on any atom is 0.273 e. The Bertz CT molecular complexity index is 1170. The summed E-state index contributed by atoms with van der Waals surface area (Å²) in [4.78, 5) is 41.5. The fraction of sp³-hybridized carbons (Fsp3) is 0.278. The first-order valence-electron chi connectivity index (χ1n) is 8.71. The van der Waals surface area contributed by atoms with Gasteiger partial charge in [0, 0.05) is 10.9 Å². The highest BCUT2D eigenvalue weighted by atomic mass is 32.1. The van der Waals surface area contributed by atoms with Crippen molar-refractivity contribution < 1.29 is 14.8 Å². The number of phenolic OH excluding ortho intramolecular Hbond substituents is 1. The van der Waals surface area contributed by atoms with E-state index in [4.69, 9.17) is 0 Å². The Morgan fingerprint density at radius 2 is 2.14 bits per heavy atom. The molecule has 2 aromatic heterocycles. The average molecular weight is 400 g/mol. The fourth-order valence-corrected chi connectivity index (χ4v) is 4.60. The first kappa shape index (κ1) is 18.1. The number of nitrogens with one attached hydrogen (secondary N) is 1. The number of nitro groups is 1. The number of thiophene rings is 1. The van der Waals surface area contributed by atoms with E-state index in [0.29, 0.717) is 10.2 Å². The molecule has 0 radical (unpaired) electrons. The van der Waals surface area contributed by atoms with E-state index in [1.165, 1.54) is 39.2 Å². The molecule has 10 heteroatoms. The predicted molar refractivity (Wildman–Crippen MR) is 104 cm³/mol. The lowest BCUT2D eigenvalue weighted by Crippen LogP contribution is -2.28. The number of benzene rings is 1. The standard InChI is InChI=1S/C18H16N4O5S/c23-13-7-10(22(26)27)5-6-12(13)20-15(24)8-21-9-19-17-16(18(21)25)11-3-1-2-4-14(11)28-17/h5-7,9,23H,1-4,8H2,(H,20,24). The molecule has 4 rings (SSSR count). The second-order valence-corrected chi connectivity index (χ2v) is 7.66. The van der Waals surface area contributed by atoms with Crippen LogP contribution in [0.3, 0.4) is 0 Å². The number of rotatable bonds is 4. The van der Waals surface area contributed by atoms with Crippen molar-refractivity contribution in [3.63, 3.8) is 0 Å². The van der Waals surface area contributed by atoms with Crippen LogP contribution in [0.2, 0.25) is 0 Å². The van der Waals surface area contributed by atoms with E-state index < -0.39 is 16.6 Å². The monoisotopic (exact) mass is 400 g/mol. The van der Waals surface area contributed by atoms with Crippen molar-refractivity contribution >= 4 is 38.8 Å². The molecule has 0 bridgehead atoms. The van der Waals surface area contributed by atoms with Crippen LogP contribution in [0.1, 0.15) is 23.3 Å². The normalized spacial score (nSPS) is 13.3. The van der Waals surface area contributed by atoms with Gasteiger partial charge >= 0.3 is 0 Å².